The number of amides is 1. The van der Waals surface area contributed by atoms with Crippen LogP contribution in [0, 0.1) is 0 Å². The Morgan fingerprint density at radius 2 is 1.86 bits per heavy atom. The monoisotopic (exact) mass is 404 g/mol. The van der Waals surface area contributed by atoms with E-state index in [1.54, 1.807) is 6.21 Å². The van der Waals surface area contributed by atoms with Gasteiger partial charge in [-0.2, -0.15) is 5.10 Å². The number of amidine groups is 1. The Morgan fingerprint density at radius 1 is 1.10 bits per heavy atom. The zero-order valence-corrected chi connectivity index (χ0v) is 16.2. The average molecular weight is 404 g/mol. The molecule has 0 spiro atoms. The van der Waals surface area contributed by atoms with E-state index in [9.17, 15) is 9.59 Å². The number of ether oxygens (including phenoxy) is 1. The summed E-state index contributed by atoms with van der Waals surface area (Å²) in [6.07, 6.45) is 2.78. The molecule has 1 amide bonds. The molecule has 1 fully saturated rings. The van der Waals surface area contributed by atoms with Gasteiger partial charge in [0.2, 0.25) is 0 Å². The van der Waals surface area contributed by atoms with Crippen molar-refractivity contribution in [3.63, 3.8) is 0 Å². The van der Waals surface area contributed by atoms with E-state index in [0.29, 0.717) is 5.17 Å². The first-order valence-corrected chi connectivity index (χ1v) is 9.53. The standard InChI is InChI=1S/C21H16N4O3S/c1-28-18(26)11-17-20(27)24-21(29-17)25-22-12-15-14-9-5-6-10-16(14)23-19(15)13-7-3-2-4-8-13/h2-12,23H,1H3,(H,24,25,27)/b17-11-,22-12-. The zero-order chi connectivity index (χ0) is 20.2. The maximum Gasteiger partial charge on any atom is 0.331 e. The largest absolute Gasteiger partial charge is 0.466 e. The molecule has 1 aliphatic heterocycles. The van der Waals surface area contributed by atoms with Crippen molar-refractivity contribution in [2.45, 2.75) is 0 Å². The van der Waals surface area contributed by atoms with E-state index in [1.807, 2.05) is 54.6 Å². The quantitative estimate of drug-likeness (QED) is 0.301. The van der Waals surface area contributed by atoms with Crippen LogP contribution in [-0.2, 0) is 14.3 Å². The summed E-state index contributed by atoms with van der Waals surface area (Å²) >= 11 is 1.03. The Labute approximate surface area is 170 Å². The number of para-hydroxylation sites is 1. The Morgan fingerprint density at radius 3 is 2.66 bits per heavy atom. The van der Waals surface area contributed by atoms with E-state index in [-0.39, 0.29) is 4.91 Å². The highest BCUT2D eigenvalue weighted by Gasteiger charge is 2.25. The second kappa shape index (κ2) is 8.15. The third kappa shape index (κ3) is 3.97. The molecule has 0 radical (unpaired) electrons. The molecule has 4 rings (SSSR count). The summed E-state index contributed by atoms with van der Waals surface area (Å²) < 4.78 is 4.54. The van der Waals surface area contributed by atoms with Crippen molar-refractivity contribution in [2.75, 3.05) is 7.11 Å². The van der Waals surface area contributed by atoms with E-state index in [2.05, 4.69) is 25.2 Å². The summed E-state index contributed by atoms with van der Waals surface area (Å²) in [6.45, 7) is 0. The Hall–Kier alpha value is -3.65. The van der Waals surface area contributed by atoms with Crippen LogP contribution in [0.15, 0.2) is 75.8 Å². The van der Waals surface area contributed by atoms with Crippen molar-refractivity contribution in [3.8, 4) is 11.3 Å². The number of fused-ring (bicyclic) bond motifs is 1. The lowest BCUT2D eigenvalue weighted by molar-refractivity contribution is -0.135. The molecule has 0 aliphatic carbocycles. The number of nitrogens with zero attached hydrogens (tertiary/aromatic N) is 2. The highest BCUT2D eigenvalue weighted by atomic mass is 32.2. The number of carbonyl (C=O) groups is 2. The number of hydrogen-bond donors (Lipinski definition) is 2. The summed E-state index contributed by atoms with van der Waals surface area (Å²) in [6, 6.07) is 17.9. The molecule has 0 bridgehead atoms. The van der Waals surface area contributed by atoms with Gasteiger partial charge in [-0.15, -0.1) is 5.10 Å². The number of esters is 1. The lowest BCUT2D eigenvalue weighted by Gasteiger charge is -2.00. The number of aromatic amines is 1. The van der Waals surface area contributed by atoms with Gasteiger partial charge < -0.3 is 9.72 Å². The summed E-state index contributed by atoms with van der Waals surface area (Å²) in [5.74, 6) is -1.01. The van der Waals surface area contributed by atoms with Crippen LogP contribution in [0.3, 0.4) is 0 Å². The van der Waals surface area contributed by atoms with Gasteiger partial charge in [0.15, 0.2) is 5.17 Å². The minimum absolute atomic E-state index is 0.211. The topological polar surface area (TPSA) is 95.9 Å². The van der Waals surface area contributed by atoms with Crippen LogP contribution in [-0.4, -0.2) is 35.4 Å². The van der Waals surface area contributed by atoms with Crippen LogP contribution in [0.5, 0.6) is 0 Å². The highest BCUT2D eigenvalue weighted by Crippen LogP contribution is 2.29. The summed E-state index contributed by atoms with van der Waals surface area (Å²) in [5.41, 5.74) is 3.86. The molecule has 1 aliphatic rings. The number of benzene rings is 2. The molecule has 0 unspecified atom stereocenters. The third-order valence-electron chi connectivity index (χ3n) is 4.25. The minimum Gasteiger partial charge on any atom is -0.466 e. The fourth-order valence-electron chi connectivity index (χ4n) is 2.91. The van der Waals surface area contributed by atoms with Crippen LogP contribution < -0.4 is 5.32 Å². The van der Waals surface area contributed by atoms with Crippen molar-refractivity contribution in [2.24, 2.45) is 10.2 Å². The van der Waals surface area contributed by atoms with Crippen LogP contribution >= 0.6 is 11.8 Å². The molecule has 2 aromatic carbocycles. The van der Waals surface area contributed by atoms with Crippen LogP contribution in [0.1, 0.15) is 5.56 Å². The van der Waals surface area contributed by atoms with Crippen LogP contribution in [0.25, 0.3) is 22.2 Å². The van der Waals surface area contributed by atoms with Crippen molar-refractivity contribution < 1.29 is 14.3 Å². The molecule has 2 heterocycles. The molecule has 2 N–H and O–H groups in total. The molecular formula is C21H16N4O3S. The fraction of sp³-hybridized carbons (Fsp3) is 0.0476. The molecule has 29 heavy (non-hydrogen) atoms. The second-order valence-electron chi connectivity index (χ2n) is 6.06. The van der Waals surface area contributed by atoms with E-state index in [0.717, 1.165) is 45.6 Å². The number of methoxy groups -OCH3 is 1. The number of hydrogen-bond acceptors (Lipinski definition) is 6. The molecule has 0 saturated carbocycles. The maximum absolute atomic E-state index is 11.9. The molecular weight excluding hydrogens is 388 g/mol. The predicted molar refractivity (Wildman–Crippen MR) is 115 cm³/mol. The van der Waals surface area contributed by atoms with Crippen molar-refractivity contribution in [1.29, 1.82) is 0 Å². The van der Waals surface area contributed by atoms with E-state index < -0.39 is 11.9 Å². The number of aromatic nitrogens is 1. The van der Waals surface area contributed by atoms with E-state index in [1.165, 1.54) is 7.11 Å². The summed E-state index contributed by atoms with van der Waals surface area (Å²) in [4.78, 5) is 26.9. The first-order valence-electron chi connectivity index (χ1n) is 8.71. The SMILES string of the molecule is COC(=O)/C=C1\S/C(=N\N=C/c2c(-c3ccccc3)[nH]c3ccccc23)NC1=O. The molecule has 7 nitrogen and oxygen atoms in total. The first-order chi connectivity index (χ1) is 14.2. The molecule has 144 valence electrons. The fourth-order valence-corrected chi connectivity index (χ4v) is 3.65. The average Bonchev–Trinajstić information content (AvgIpc) is 3.29. The van der Waals surface area contributed by atoms with Crippen molar-refractivity contribution >= 4 is 45.9 Å². The van der Waals surface area contributed by atoms with E-state index >= 15 is 0 Å². The molecule has 8 heteroatoms. The van der Waals surface area contributed by atoms with Crippen LogP contribution in [0.2, 0.25) is 0 Å². The van der Waals surface area contributed by atoms with Gasteiger partial charge in [-0.05, 0) is 23.4 Å². The normalized spacial score (nSPS) is 16.8. The first kappa shape index (κ1) is 18.7. The van der Waals surface area contributed by atoms with Gasteiger partial charge in [-0.1, -0.05) is 48.5 Å². The van der Waals surface area contributed by atoms with Crippen molar-refractivity contribution in [3.05, 3.63) is 71.1 Å². The molecule has 1 aromatic heterocycles. The highest BCUT2D eigenvalue weighted by molar-refractivity contribution is 8.18. The van der Waals surface area contributed by atoms with Gasteiger partial charge in [-0.3, -0.25) is 10.1 Å². The number of thioether (sulfide) groups is 1. The van der Waals surface area contributed by atoms with Crippen molar-refractivity contribution in [1.82, 2.24) is 10.3 Å². The lowest BCUT2D eigenvalue weighted by Crippen LogP contribution is -2.19. The van der Waals surface area contributed by atoms with Crippen LogP contribution in [0.4, 0.5) is 0 Å². The third-order valence-corrected chi connectivity index (χ3v) is 5.15. The molecule has 3 aromatic rings. The number of rotatable bonds is 4. The number of nitrogens with one attached hydrogen (secondary N) is 2. The Balaban J connectivity index is 1.65. The van der Waals surface area contributed by atoms with Gasteiger partial charge in [0.1, 0.15) is 0 Å². The number of carbonyl (C=O) groups excluding carboxylic acids is 2. The number of H-pyrrole nitrogens is 1. The summed E-state index contributed by atoms with van der Waals surface area (Å²) in [5, 5.41) is 12.1. The van der Waals surface area contributed by atoms with Gasteiger partial charge in [-0.25, -0.2) is 4.79 Å². The van der Waals surface area contributed by atoms with Gasteiger partial charge in [0, 0.05) is 22.5 Å². The molecule has 1 saturated heterocycles. The summed E-state index contributed by atoms with van der Waals surface area (Å²) in [7, 11) is 1.25. The molecule has 0 atom stereocenters. The smallest absolute Gasteiger partial charge is 0.331 e. The predicted octanol–water partition coefficient (Wildman–Crippen LogP) is 3.44. The Bertz CT molecular complexity index is 1180. The maximum atomic E-state index is 11.9. The minimum atomic E-state index is -0.598. The zero-order valence-electron chi connectivity index (χ0n) is 15.4. The Kier molecular flexibility index (Phi) is 5.26. The second-order valence-corrected chi connectivity index (χ2v) is 7.09. The van der Waals surface area contributed by atoms with Gasteiger partial charge in [0.05, 0.1) is 23.9 Å². The van der Waals surface area contributed by atoms with Gasteiger partial charge in [0.25, 0.3) is 5.91 Å². The lowest BCUT2D eigenvalue weighted by atomic mass is 10.1. The van der Waals surface area contributed by atoms with Gasteiger partial charge >= 0.3 is 5.97 Å². The van der Waals surface area contributed by atoms with E-state index in [4.69, 9.17) is 0 Å².